The van der Waals surface area contributed by atoms with Gasteiger partial charge in [-0.3, -0.25) is 9.69 Å². The third-order valence-corrected chi connectivity index (χ3v) is 3.05. The molecule has 1 rings (SSSR count). The molecule has 22 heavy (non-hydrogen) atoms. The number of pyridine rings is 1. The van der Waals surface area contributed by atoms with Crippen molar-refractivity contribution in [2.24, 2.45) is 0 Å². The van der Waals surface area contributed by atoms with Crippen molar-refractivity contribution in [3.05, 3.63) is 28.5 Å². The number of amides is 1. The number of nitrogens with zero attached hydrogens (tertiary/aromatic N) is 2. The van der Waals surface area contributed by atoms with E-state index in [0.29, 0.717) is 19.4 Å². The smallest absolute Gasteiger partial charge is 0.410 e. The van der Waals surface area contributed by atoms with Gasteiger partial charge in [-0.1, -0.05) is 6.07 Å². The van der Waals surface area contributed by atoms with Crippen molar-refractivity contribution < 1.29 is 19.4 Å². The average molecular weight is 373 g/mol. The first-order valence-electron chi connectivity index (χ1n) is 6.98. The van der Waals surface area contributed by atoms with E-state index in [0.717, 1.165) is 10.3 Å². The van der Waals surface area contributed by atoms with Crippen LogP contribution in [0.15, 0.2) is 22.8 Å². The SMILES string of the molecule is CC(C)(C)OC(=O)N(CCCc1cccc(Br)n1)CC(=O)O. The van der Waals surface area contributed by atoms with Gasteiger partial charge in [0.05, 0.1) is 0 Å². The Bertz CT molecular complexity index is 529. The van der Waals surface area contributed by atoms with Crippen molar-refractivity contribution in [1.82, 2.24) is 9.88 Å². The summed E-state index contributed by atoms with van der Waals surface area (Å²) in [6.07, 6.45) is 0.644. The van der Waals surface area contributed by atoms with Crippen LogP contribution in [0.2, 0.25) is 0 Å². The highest BCUT2D eigenvalue weighted by Crippen LogP contribution is 2.12. The standard InChI is InChI=1S/C15H21BrN2O4/c1-15(2,3)22-14(21)18(10-13(19)20)9-5-7-11-6-4-8-12(16)17-11/h4,6,8H,5,7,9-10H2,1-3H3,(H,19,20). The maximum absolute atomic E-state index is 12.0. The summed E-state index contributed by atoms with van der Waals surface area (Å²) in [6, 6.07) is 5.61. The second-order valence-corrected chi connectivity index (χ2v) is 6.66. The third-order valence-electron chi connectivity index (χ3n) is 2.61. The zero-order valence-electron chi connectivity index (χ0n) is 13.0. The number of carboxylic acids is 1. The molecule has 1 N–H and O–H groups in total. The number of ether oxygens (including phenoxy) is 1. The minimum absolute atomic E-state index is 0.301. The molecule has 1 aromatic rings. The number of carbonyl (C=O) groups excluding carboxylic acids is 1. The number of aromatic nitrogens is 1. The fourth-order valence-electron chi connectivity index (χ4n) is 1.77. The molecule has 6 nitrogen and oxygen atoms in total. The molecule has 0 saturated carbocycles. The highest BCUT2D eigenvalue weighted by molar-refractivity contribution is 9.10. The van der Waals surface area contributed by atoms with Crippen molar-refractivity contribution in [1.29, 1.82) is 0 Å². The van der Waals surface area contributed by atoms with Gasteiger partial charge in [0.1, 0.15) is 16.7 Å². The second kappa shape index (κ2) is 8.12. The van der Waals surface area contributed by atoms with Gasteiger partial charge < -0.3 is 9.84 Å². The van der Waals surface area contributed by atoms with Crippen LogP contribution in [-0.2, 0) is 16.0 Å². The summed E-state index contributed by atoms with van der Waals surface area (Å²) in [6.45, 7) is 5.16. The molecule has 0 radical (unpaired) electrons. The average Bonchev–Trinajstić information content (AvgIpc) is 2.35. The molecule has 7 heteroatoms. The quantitative estimate of drug-likeness (QED) is 0.776. The molecular formula is C15H21BrN2O4. The predicted molar refractivity (Wildman–Crippen MR) is 85.7 cm³/mol. The van der Waals surface area contributed by atoms with E-state index < -0.39 is 17.7 Å². The molecule has 1 heterocycles. The molecule has 0 bridgehead atoms. The van der Waals surface area contributed by atoms with Crippen LogP contribution >= 0.6 is 15.9 Å². The van der Waals surface area contributed by atoms with E-state index in [4.69, 9.17) is 9.84 Å². The van der Waals surface area contributed by atoms with E-state index >= 15 is 0 Å². The summed E-state index contributed by atoms with van der Waals surface area (Å²) in [4.78, 5) is 28.4. The zero-order valence-corrected chi connectivity index (χ0v) is 14.6. The fraction of sp³-hybridized carbons (Fsp3) is 0.533. The monoisotopic (exact) mass is 372 g/mol. The molecule has 0 saturated heterocycles. The van der Waals surface area contributed by atoms with Gasteiger partial charge in [-0.05, 0) is 61.7 Å². The number of halogens is 1. The zero-order chi connectivity index (χ0) is 16.8. The van der Waals surface area contributed by atoms with Crippen LogP contribution in [0.1, 0.15) is 32.9 Å². The highest BCUT2D eigenvalue weighted by Gasteiger charge is 2.23. The number of rotatable bonds is 6. The Morgan fingerprint density at radius 3 is 2.59 bits per heavy atom. The van der Waals surface area contributed by atoms with Crippen LogP contribution in [0.5, 0.6) is 0 Å². The van der Waals surface area contributed by atoms with Gasteiger partial charge in [0, 0.05) is 12.2 Å². The Balaban J connectivity index is 2.58. The summed E-state index contributed by atoms with van der Waals surface area (Å²) in [5.74, 6) is -1.06. The Kier molecular flexibility index (Phi) is 6.80. The molecular weight excluding hydrogens is 352 g/mol. The molecule has 122 valence electrons. The van der Waals surface area contributed by atoms with Gasteiger partial charge in [-0.2, -0.15) is 0 Å². The number of aliphatic carboxylic acids is 1. The Morgan fingerprint density at radius 1 is 1.36 bits per heavy atom. The molecule has 1 aromatic heterocycles. The van der Waals surface area contributed by atoms with Crippen LogP contribution in [0.4, 0.5) is 4.79 Å². The Morgan fingerprint density at radius 2 is 2.05 bits per heavy atom. The maximum Gasteiger partial charge on any atom is 0.410 e. The van der Waals surface area contributed by atoms with Gasteiger partial charge in [0.15, 0.2) is 0 Å². The Labute approximate surface area is 138 Å². The Hall–Kier alpha value is -1.63. The lowest BCUT2D eigenvalue weighted by molar-refractivity contribution is -0.138. The van der Waals surface area contributed by atoms with E-state index in [9.17, 15) is 9.59 Å². The lowest BCUT2D eigenvalue weighted by Crippen LogP contribution is -2.40. The lowest BCUT2D eigenvalue weighted by Gasteiger charge is -2.26. The van der Waals surface area contributed by atoms with Gasteiger partial charge in [0.25, 0.3) is 0 Å². The number of hydrogen-bond acceptors (Lipinski definition) is 4. The van der Waals surface area contributed by atoms with E-state index in [1.807, 2.05) is 18.2 Å². The molecule has 0 aliphatic carbocycles. The van der Waals surface area contributed by atoms with Gasteiger partial charge >= 0.3 is 12.1 Å². The summed E-state index contributed by atoms with van der Waals surface area (Å²) < 4.78 is 5.97. The maximum atomic E-state index is 12.0. The molecule has 0 aliphatic heterocycles. The van der Waals surface area contributed by atoms with Crippen molar-refractivity contribution >= 4 is 28.0 Å². The van der Waals surface area contributed by atoms with Crippen molar-refractivity contribution in [3.8, 4) is 0 Å². The van der Waals surface area contributed by atoms with E-state index in [2.05, 4.69) is 20.9 Å². The van der Waals surface area contributed by atoms with Crippen LogP contribution in [0.3, 0.4) is 0 Å². The molecule has 1 amide bonds. The minimum atomic E-state index is -1.06. The van der Waals surface area contributed by atoms with Gasteiger partial charge in [-0.15, -0.1) is 0 Å². The van der Waals surface area contributed by atoms with Crippen molar-refractivity contribution in [2.75, 3.05) is 13.1 Å². The largest absolute Gasteiger partial charge is 0.480 e. The molecule has 0 spiro atoms. The molecule has 0 unspecified atom stereocenters. The third kappa shape index (κ3) is 7.40. The van der Waals surface area contributed by atoms with Crippen molar-refractivity contribution in [2.45, 2.75) is 39.2 Å². The molecule has 0 atom stereocenters. The molecule has 0 aromatic carbocycles. The number of aryl methyl sites for hydroxylation is 1. The normalized spacial score (nSPS) is 11.1. The first-order chi connectivity index (χ1) is 10.2. The molecule has 0 aliphatic rings. The van der Waals surface area contributed by atoms with E-state index in [1.165, 1.54) is 4.90 Å². The number of carbonyl (C=O) groups is 2. The van der Waals surface area contributed by atoms with E-state index in [-0.39, 0.29) is 6.54 Å². The topological polar surface area (TPSA) is 79.7 Å². The van der Waals surface area contributed by atoms with E-state index in [1.54, 1.807) is 20.8 Å². The van der Waals surface area contributed by atoms with Gasteiger partial charge in [0.2, 0.25) is 0 Å². The fourth-order valence-corrected chi connectivity index (χ4v) is 2.15. The highest BCUT2D eigenvalue weighted by atomic mass is 79.9. The molecule has 0 fully saturated rings. The van der Waals surface area contributed by atoms with Crippen LogP contribution < -0.4 is 0 Å². The van der Waals surface area contributed by atoms with Crippen molar-refractivity contribution in [3.63, 3.8) is 0 Å². The summed E-state index contributed by atoms with van der Waals surface area (Å²) in [5, 5.41) is 8.92. The first-order valence-corrected chi connectivity index (χ1v) is 7.78. The van der Waals surface area contributed by atoms with Crippen LogP contribution in [0, 0.1) is 0 Å². The summed E-state index contributed by atoms with van der Waals surface area (Å²) in [5.41, 5.74) is 0.230. The first kappa shape index (κ1) is 18.4. The predicted octanol–water partition coefficient (Wildman–Crippen LogP) is 3.10. The van der Waals surface area contributed by atoms with Crippen LogP contribution in [-0.4, -0.2) is 45.7 Å². The minimum Gasteiger partial charge on any atom is -0.480 e. The second-order valence-electron chi connectivity index (χ2n) is 5.85. The number of carboxylic acid groups (broad SMARTS) is 1. The van der Waals surface area contributed by atoms with Gasteiger partial charge in [-0.25, -0.2) is 9.78 Å². The van der Waals surface area contributed by atoms with Crippen LogP contribution in [0.25, 0.3) is 0 Å². The number of hydrogen-bond donors (Lipinski definition) is 1. The lowest BCUT2D eigenvalue weighted by atomic mass is 10.2. The summed E-state index contributed by atoms with van der Waals surface area (Å²) >= 11 is 3.30. The summed E-state index contributed by atoms with van der Waals surface area (Å²) in [7, 11) is 0.